The van der Waals surface area contributed by atoms with Gasteiger partial charge in [-0.1, -0.05) is 37.3 Å². The number of nitrogen functional groups attached to an aromatic ring is 1. The lowest BCUT2D eigenvalue weighted by Gasteiger charge is -2.32. The standard InChI is InChI=1S/C29H47ClN4O5/c1-33(16-10-6-4-5-9-13-28(36)39-3)27(35)12-8-7-11-17-34-18-14-22(15-19-34)32-29(37)23-20-24(30)25(31)21-26(23)38-2/h20-22H,4-19,31H2,1-3H3,(H,32,37). The number of nitrogens with one attached hydrogen (secondary N) is 1. The number of nitrogens with two attached hydrogens (primary N) is 1. The molecular weight excluding hydrogens is 520 g/mol. The maximum absolute atomic E-state index is 12.8. The summed E-state index contributed by atoms with van der Waals surface area (Å²) in [5.74, 6) is 0.295. The molecule has 0 aromatic heterocycles. The van der Waals surface area contributed by atoms with Crippen LogP contribution in [0.1, 0.15) is 87.4 Å². The van der Waals surface area contributed by atoms with Crippen LogP contribution in [0.4, 0.5) is 5.69 Å². The quantitative estimate of drug-likeness (QED) is 0.160. The Morgan fingerprint density at radius 1 is 1.00 bits per heavy atom. The van der Waals surface area contributed by atoms with E-state index in [0.717, 1.165) is 90.4 Å². The molecule has 0 spiro atoms. The lowest BCUT2D eigenvalue weighted by molar-refractivity contribution is -0.140. The van der Waals surface area contributed by atoms with Crippen LogP contribution in [0, 0.1) is 0 Å². The van der Waals surface area contributed by atoms with Crippen LogP contribution in [0.25, 0.3) is 0 Å². The van der Waals surface area contributed by atoms with E-state index in [9.17, 15) is 14.4 Å². The Morgan fingerprint density at radius 3 is 2.33 bits per heavy atom. The molecule has 0 radical (unpaired) electrons. The molecule has 1 heterocycles. The number of piperidine rings is 1. The van der Waals surface area contributed by atoms with Gasteiger partial charge < -0.3 is 30.3 Å². The van der Waals surface area contributed by atoms with E-state index in [0.29, 0.717) is 34.9 Å². The van der Waals surface area contributed by atoms with Crippen LogP contribution in [0.2, 0.25) is 5.02 Å². The third kappa shape index (κ3) is 12.0. The summed E-state index contributed by atoms with van der Waals surface area (Å²) in [5, 5.41) is 3.44. The highest BCUT2D eigenvalue weighted by Crippen LogP contribution is 2.29. The number of carbonyl (C=O) groups is 3. The van der Waals surface area contributed by atoms with Crippen molar-refractivity contribution in [3.63, 3.8) is 0 Å². The molecule has 39 heavy (non-hydrogen) atoms. The molecule has 2 amide bonds. The van der Waals surface area contributed by atoms with E-state index in [-0.39, 0.29) is 23.8 Å². The van der Waals surface area contributed by atoms with E-state index in [1.165, 1.54) is 14.2 Å². The number of amides is 2. The van der Waals surface area contributed by atoms with Crippen LogP contribution in [0.3, 0.4) is 0 Å². The Labute approximate surface area is 238 Å². The van der Waals surface area contributed by atoms with Gasteiger partial charge in [0.05, 0.1) is 30.5 Å². The van der Waals surface area contributed by atoms with Gasteiger partial charge in [0.25, 0.3) is 5.91 Å². The van der Waals surface area contributed by atoms with Crippen molar-refractivity contribution in [3.8, 4) is 5.75 Å². The predicted molar refractivity (Wildman–Crippen MR) is 155 cm³/mol. The summed E-state index contributed by atoms with van der Waals surface area (Å²) in [6, 6.07) is 3.24. The number of esters is 1. The normalized spacial score (nSPS) is 14.2. The van der Waals surface area contributed by atoms with Gasteiger partial charge in [-0.2, -0.15) is 0 Å². The maximum atomic E-state index is 12.8. The summed E-state index contributed by atoms with van der Waals surface area (Å²) in [6.07, 6.45) is 10.9. The Morgan fingerprint density at radius 2 is 1.64 bits per heavy atom. The van der Waals surface area contributed by atoms with E-state index in [4.69, 9.17) is 22.1 Å². The number of ether oxygens (including phenoxy) is 2. The number of hydrogen-bond acceptors (Lipinski definition) is 7. The minimum absolute atomic E-state index is 0.114. The number of likely N-dealkylation sites (tertiary alicyclic amines) is 1. The highest BCUT2D eigenvalue weighted by atomic mass is 35.5. The second-order valence-corrected chi connectivity index (χ2v) is 10.8. The van der Waals surface area contributed by atoms with Crippen molar-refractivity contribution in [2.24, 2.45) is 0 Å². The number of methoxy groups -OCH3 is 2. The van der Waals surface area contributed by atoms with E-state index in [1.54, 1.807) is 12.1 Å². The molecule has 0 aliphatic carbocycles. The molecule has 1 aliphatic heterocycles. The average molecular weight is 567 g/mol. The summed E-state index contributed by atoms with van der Waals surface area (Å²) < 4.78 is 9.95. The van der Waals surface area contributed by atoms with E-state index in [1.807, 2.05) is 11.9 Å². The number of benzene rings is 1. The fraction of sp³-hybridized carbons (Fsp3) is 0.690. The number of anilines is 1. The molecule has 10 heteroatoms. The van der Waals surface area contributed by atoms with Crippen LogP contribution in [0.15, 0.2) is 12.1 Å². The molecule has 3 N–H and O–H groups in total. The molecule has 1 aromatic carbocycles. The summed E-state index contributed by atoms with van der Waals surface area (Å²) in [6.45, 7) is 3.69. The van der Waals surface area contributed by atoms with E-state index in [2.05, 4.69) is 15.0 Å². The Kier molecular flexibility index (Phi) is 15.0. The van der Waals surface area contributed by atoms with Crippen LogP contribution in [-0.4, -0.2) is 81.1 Å². The SMILES string of the molecule is COC(=O)CCCCCCCN(C)C(=O)CCCCCN1CCC(NC(=O)c2cc(Cl)c(N)cc2OC)CC1. The molecule has 1 saturated heterocycles. The first-order valence-electron chi connectivity index (χ1n) is 14.2. The minimum Gasteiger partial charge on any atom is -0.496 e. The van der Waals surface area contributed by atoms with Gasteiger partial charge in [0.2, 0.25) is 5.91 Å². The zero-order valence-electron chi connectivity index (χ0n) is 23.9. The maximum Gasteiger partial charge on any atom is 0.305 e. The van der Waals surface area contributed by atoms with Crippen molar-refractivity contribution in [1.29, 1.82) is 0 Å². The van der Waals surface area contributed by atoms with Crippen LogP contribution < -0.4 is 15.8 Å². The summed E-state index contributed by atoms with van der Waals surface area (Å²) in [5.41, 5.74) is 6.59. The predicted octanol–water partition coefficient (Wildman–Crippen LogP) is 4.66. The van der Waals surface area contributed by atoms with Gasteiger partial charge in [-0.3, -0.25) is 14.4 Å². The first-order chi connectivity index (χ1) is 18.7. The molecule has 1 aromatic rings. The Hall–Kier alpha value is -2.52. The minimum atomic E-state index is -0.197. The topological polar surface area (TPSA) is 114 Å². The number of carbonyl (C=O) groups excluding carboxylic acids is 3. The van der Waals surface area contributed by atoms with Gasteiger partial charge in [-0.05, 0) is 51.1 Å². The molecule has 0 bridgehead atoms. The van der Waals surface area contributed by atoms with Crippen LogP contribution in [0.5, 0.6) is 5.75 Å². The third-order valence-corrected chi connectivity index (χ3v) is 7.71. The van der Waals surface area contributed by atoms with E-state index < -0.39 is 0 Å². The lowest BCUT2D eigenvalue weighted by atomic mass is 10.0. The van der Waals surface area contributed by atoms with Crippen molar-refractivity contribution in [1.82, 2.24) is 15.1 Å². The molecule has 0 atom stereocenters. The molecule has 0 saturated carbocycles. The summed E-state index contributed by atoms with van der Waals surface area (Å²) >= 11 is 6.10. The van der Waals surface area contributed by atoms with Crippen LogP contribution in [-0.2, 0) is 14.3 Å². The number of unbranched alkanes of at least 4 members (excludes halogenated alkanes) is 6. The number of halogens is 1. The molecular formula is C29H47ClN4O5. The molecule has 9 nitrogen and oxygen atoms in total. The Balaban J connectivity index is 1.52. The summed E-state index contributed by atoms with van der Waals surface area (Å²) in [7, 11) is 4.82. The van der Waals surface area contributed by atoms with Gasteiger partial charge in [0, 0.05) is 51.6 Å². The van der Waals surface area contributed by atoms with Gasteiger partial charge in [0.1, 0.15) is 5.75 Å². The second kappa shape index (κ2) is 17.9. The molecule has 0 unspecified atom stereocenters. The largest absolute Gasteiger partial charge is 0.496 e. The van der Waals surface area contributed by atoms with Crippen LogP contribution >= 0.6 is 11.6 Å². The number of hydrogen-bond donors (Lipinski definition) is 2. The zero-order valence-corrected chi connectivity index (χ0v) is 24.7. The van der Waals surface area contributed by atoms with Crippen molar-refractivity contribution in [2.75, 3.05) is 53.2 Å². The fourth-order valence-corrected chi connectivity index (χ4v) is 5.00. The van der Waals surface area contributed by atoms with Gasteiger partial charge in [-0.25, -0.2) is 0 Å². The number of nitrogens with zero attached hydrogens (tertiary/aromatic N) is 2. The molecule has 1 aliphatic rings. The first-order valence-corrected chi connectivity index (χ1v) is 14.6. The molecule has 220 valence electrons. The molecule has 1 fully saturated rings. The van der Waals surface area contributed by atoms with Gasteiger partial charge in [0.15, 0.2) is 0 Å². The monoisotopic (exact) mass is 566 g/mol. The van der Waals surface area contributed by atoms with Crippen molar-refractivity contribution in [2.45, 2.75) is 83.1 Å². The third-order valence-electron chi connectivity index (χ3n) is 7.38. The van der Waals surface area contributed by atoms with E-state index >= 15 is 0 Å². The first kappa shape index (κ1) is 32.7. The molecule has 2 rings (SSSR count). The Bertz CT molecular complexity index is 921. The average Bonchev–Trinajstić information content (AvgIpc) is 2.93. The summed E-state index contributed by atoms with van der Waals surface area (Å²) in [4.78, 5) is 40.6. The van der Waals surface area contributed by atoms with Crippen molar-refractivity contribution in [3.05, 3.63) is 22.7 Å². The second-order valence-electron chi connectivity index (χ2n) is 10.4. The fourth-order valence-electron chi connectivity index (χ4n) is 4.83. The zero-order chi connectivity index (χ0) is 28.6. The van der Waals surface area contributed by atoms with Gasteiger partial charge in [-0.15, -0.1) is 0 Å². The number of rotatable bonds is 17. The van der Waals surface area contributed by atoms with Crippen molar-refractivity contribution >= 4 is 35.1 Å². The van der Waals surface area contributed by atoms with Gasteiger partial charge >= 0.3 is 5.97 Å². The lowest BCUT2D eigenvalue weighted by Crippen LogP contribution is -2.44. The highest BCUT2D eigenvalue weighted by Gasteiger charge is 2.23. The highest BCUT2D eigenvalue weighted by molar-refractivity contribution is 6.33. The van der Waals surface area contributed by atoms with Crippen molar-refractivity contribution < 1.29 is 23.9 Å². The smallest absolute Gasteiger partial charge is 0.305 e.